The molecule has 0 saturated carbocycles. The predicted octanol–water partition coefficient (Wildman–Crippen LogP) is 3.89. The van der Waals surface area contributed by atoms with Gasteiger partial charge >= 0.3 is 12.1 Å². The molecule has 1 aliphatic heterocycles. The Bertz CT molecular complexity index is 273. The summed E-state index contributed by atoms with van der Waals surface area (Å²) < 4.78 is 13.8. The Morgan fingerprint density at radius 1 is 1.35 bits per heavy atom. The molecule has 0 aliphatic carbocycles. The van der Waals surface area contributed by atoms with Crippen LogP contribution in [0.2, 0.25) is 0 Å². The minimum absolute atomic E-state index is 0.0113. The predicted molar refractivity (Wildman–Crippen MR) is 80.6 cm³/mol. The number of esters is 1. The fourth-order valence-electron chi connectivity index (χ4n) is 0.739. The molecular formula is C15H28O5. The van der Waals surface area contributed by atoms with Gasteiger partial charge in [0.1, 0.15) is 13.2 Å². The van der Waals surface area contributed by atoms with Crippen molar-refractivity contribution in [1.82, 2.24) is 0 Å². The van der Waals surface area contributed by atoms with E-state index in [2.05, 4.69) is 43.1 Å². The van der Waals surface area contributed by atoms with E-state index >= 15 is 0 Å². The summed E-state index contributed by atoms with van der Waals surface area (Å²) in [4.78, 5) is 21.3. The molecular weight excluding hydrogens is 260 g/mol. The van der Waals surface area contributed by atoms with Gasteiger partial charge in [-0.2, -0.15) is 0 Å². The lowest BCUT2D eigenvalue weighted by atomic mass is 10.3. The number of rotatable bonds is 3. The second kappa shape index (κ2) is 17.2. The summed E-state index contributed by atoms with van der Waals surface area (Å²) in [6, 6.07) is 0. The van der Waals surface area contributed by atoms with Crippen LogP contribution in [0.4, 0.5) is 4.79 Å². The maximum absolute atomic E-state index is 10.9. The van der Waals surface area contributed by atoms with Gasteiger partial charge in [0.05, 0.1) is 0 Å². The van der Waals surface area contributed by atoms with E-state index in [0.717, 1.165) is 0 Å². The van der Waals surface area contributed by atoms with Crippen LogP contribution in [0.15, 0.2) is 25.3 Å². The molecule has 1 aliphatic rings. The Morgan fingerprint density at radius 2 is 1.80 bits per heavy atom. The Labute approximate surface area is 122 Å². The van der Waals surface area contributed by atoms with Gasteiger partial charge in [-0.25, -0.2) is 9.59 Å². The first-order valence-electron chi connectivity index (χ1n) is 6.67. The standard InChI is InChI=1S/C8H10O5.C3H8.C2H6.C2H4/c1-5(2)7(9)11-3-6-4-12-8(10)13-6;1-3-2;2*1-2/h6H,1,3-4H2,2H3;3H2,1-2H3;1-2H3;1-2H2. The van der Waals surface area contributed by atoms with E-state index in [1.807, 2.05) is 13.8 Å². The van der Waals surface area contributed by atoms with Gasteiger partial charge in [0.15, 0.2) is 6.10 Å². The second-order valence-corrected chi connectivity index (χ2v) is 3.39. The van der Waals surface area contributed by atoms with Crippen molar-refractivity contribution >= 4 is 12.1 Å². The molecule has 1 rings (SSSR count). The fourth-order valence-corrected chi connectivity index (χ4v) is 0.739. The molecule has 0 bridgehead atoms. The molecule has 5 heteroatoms. The molecule has 0 aromatic carbocycles. The lowest BCUT2D eigenvalue weighted by Crippen LogP contribution is -2.20. The van der Waals surface area contributed by atoms with Crippen molar-refractivity contribution in [3.8, 4) is 0 Å². The molecule has 1 atom stereocenters. The van der Waals surface area contributed by atoms with E-state index in [1.54, 1.807) is 6.92 Å². The molecule has 0 aromatic rings. The average Bonchev–Trinajstić information content (AvgIpc) is 2.87. The van der Waals surface area contributed by atoms with Crippen LogP contribution >= 0.6 is 0 Å². The molecule has 0 radical (unpaired) electrons. The van der Waals surface area contributed by atoms with Crippen molar-refractivity contribution in [3.63, 3.8) is 0 Å². The van der Waals surface area contributed by atoms with Gasteiger partial charge in [-0.15, -0.1) is 13.2 Å². The first-order valence-corrected chi connectivity index (χ1v) is 6.67. The zero-order valence-electron chi connectivity index (χ0n) is 13.4. The Kier molecular flexibility index (Phi) is 20.1. The van der Waals surface area contributed by atoms with Crippen molar-refractivity contribution < 1.29 is 23.8 Å². The van der Waals surface area contributed by atoms with Crippen molar-refractivity contribution in [2.24, 2.45) is 0 Å². The molecule has 1 saturated heterocycles. The summed E-state index contributed by atoms with van der Waals surface area (Å²) in [5.74, 6) is -0.497. The first kappa shape index (κ1) is 23.3. The molecule has 0 spiro atoms. The monoisotopic (exact) mass is 288 g/mol. The number of carbonyl (C=O) groups is 2. The number of cyclic esters (lactones) is 2. The average molecular weight is 288 g/mol. The number of hydrogen-bond acceptors (Lipinski definition) is 5. The lowest BCUT2D eigenvalue weighted by Gasteiger charge is -2.06. The Balaban J connectivity index is -0.000000355. The van der Waals surface area contributed by atoms with Crippen molar-refractivity contribution in [2.45, 2.75) is 47.1 Å². The van der Waals surface area contributed by atoms with E-state index in [4.69, 9.17) is 4.74 Å². The van der Waals surface area contributed by atoms with Gasteiger partial charge in [-0.3, -0.25) is 0 Å². The second-order valence-electron chi connectivity index (χ2n) is 3.39. The molecule has 1 fully saturated rings. The molecule has 0 amide bonds. The van der Waals surface area contributed by atoms with Gasteiger partial charge in [0, 0.05) is 5.57 Å². The first-order chi connectivity index (χ1) is 9.51. The van der Waals surface area contributed by atoms with Gasteiger partial charge in [-0.05, 0) is 6.92 Å². The van der Waals surface area contributed by atoms with Crippen LogP contribution in [-0.4, -0.2) is 31.4 Å². The highest BCUT2D eigenvalue weighted by molar-refractivity contribution is 5.86. The van der Waals surface area contributed by atoms with E-state index in [0.29, 0.717) is 5.57 Å². The summed E-state index contributed by atoms with van der Waals surface area (Å²) in [7, 11) is 0. The summed E-state index contributed by atoms with van der Waals surface area (Å²) in [5, 5.41) is 0. The highest BCUT2D eigenvalue weighted by Gasteiger charge is 2.26. The molecule has 20 heavy (non-hydrogen) atoms. The summed E-state index contributed by atoms with van der Waals surface area (Å²) in [6.45, 7) is 19.3. The number of hydrogen-bond donors (Lipinski definition) is 0. The zero-order chi connectivity index (χ0) is 16.6. The van der Waals surface area contributed by atoms with Crippen LogP contribution < -0.4 is 0 Å². The van der Waals surface area contributed by atoms with Crippen LogP contribution in [0.1, 0.15) is 41.0 Å². The smallest absolute Gasteiger partial charge is 0.458 e. The molecule has 5 nitrogen and oxygen atoms in total. The van der Waals surface area contributed by atoms with E-state index in [9.17, 15) is 9.59 Å². The molecule has 0 aromatic heterocycles. The zero-order valence-corrected chi connectivity index (χ0v) is 13.4. The molecule has 118 valence electrons. The van der Waals surface area contributed by atoms with E-state index in [1.165, 1.54) is 6.42 Å². The quantitative estimate of drug-likeness (QED) is 0.448. The Hall–Kier alpha value is -1.78. The third-order valence-electron chi connectivity index (χ3n) is 1.40. The Morgan fingerprint density at radius 3 is 2.10 bits per heavy atom. The largest absolute Gasteiger partial charge is 0.508 e. The van der Waals surface area contributed by atoms with Gasteiger partial charge in [0.2, 0.25) is 0 Å². The van der Waals surface area contributed by atoms with Gasteiger partial charge in [0.25, 0.3) is 0 Å². The van der Waals surface area contributed by atoms with E-state index in [-0.39, 0.29) is 13.2 Å². The van der Waals surface area contributed by atoms with Gasteiger partial charge < -0.3 is 14.2 Å². The third-order valence-corrected chi connectivity index (χ3v) is 1.40. The highest BCUT2D eigenvalue weighted by Crippen LogP contribution is 2.06. The normalized spacial score (nSPS) is 14.7. The van der Waals surface area contributed by atoms with Crippen LogP contribution in [-0.2, 0) is 19.0 Å². The number of carbonyl (C=O) groups excluding carboxylic acids is 2. The van der Waals surface area contributed by atoms with Crippen LogP contribution in [0, 0.1) is 0 Å². The van der Waals surface area contributed by atoms with Crippen molar-refractivity contribution in [1.29, 1.82) is 0 Å². The van der Waals surface area contributed by atoms with Crippen molar-refractivity contribution in [3.05, 3.63) is 25.3 Å². The van der Waals surface area contributed by atoms with Crippen molar-refractivity contribution in [2.75, 3.05) is 13.2 Å². The summed E-state index contributed by atoms with van der Waals surface area (Å²) in [6.07, 6.45) is 0.0344. The minimum atomic E-state index is -0.726. The highest BCUT2D eigenvalue weighted by atomic mass is 16.8. The maximum Gasteiger partial charge on any atom is 0.508 e. The number of ether oxygens (including phenoxy) is 3. The third kappa shape index (κ3) is 14.3. The topological polar surface area (TPSA) is 61.8 Å². The van der Waals surface area contributed by atoms with Gasteiger partial charge in [-0.1, -0.05) is 40.7 Å². The molecule has 1 unspecified atom stereocenters. The van der Waals surface area contributed by atoms with Crippen LogP contribution in [0.25, 0.3) is 0 Å². The fraction of sp³-hybridized carbons (Fsp3) is 0.600. The minimum Gasteiger partial charge on any atom is -0.458 e. The summed E-state index contributed by atoms with van der Waals surface area (Å²) >= 11 is 0. The van der Waals surface area contributed by atoms with Crippen LogP contribution in [0.5, 0.6) is 0 Å². The maximum atomic E-state index is 10.9. The van der Waals surface area contributed by atoms with Crippen LogP contribution in [0.3, 0.4) is 0 Å². The van der Waals surface area contributed by atoms with E-state index < -0.39 is 18.2 Å². The lowest BCUT2D eigenvalue weighted by molar-refractivity contribution is -0.141. The SMILES string of the molecule is C=C.C=C(C)C(=O)OCC1COC(=O)O1.CC.CCC. The molecule has 1 heterocycles. The molecule has 0 N–H and O–H groups in total. The summed E-state index contributed by atoms with van der Waals surface area (Å²) in [5.41, 5.74) is 0.310.